The van der Waals surface area contributed by atoms with E-state index in [1.807, 2.05) is 0 Å². The zero-order chi connectivity index (χ0) is 23.0. The molecule has 3 amide bonds. The third-order valence-corrected chi connectivity index (χ3v) is 5.98. The summed E-state index contributed by atoms with van der Waals surface area (Å²) in [5.41, 5.74) is 1.75. The monoisotopic (exact) mass is 459 g/mol. The fraction of sp³-hybridized carbons (Fsp3) is 0.261. The zero-order valence-electron chi connectivity index (χ0n) is 17.0. The van der Waals surface area contributed by atoms with Crippen molar-refractivity contribution in [2.45, 2.75) is 37.9 Å². The number of amides is 3. The normalized spacial score (nSPS) is 18.4. The molecule has 2 N–H and O–H groups in total. The van der Waals surface area contributed by atoms with E-state index in [4.69, 9.17) is 11.6 Å². The third kappa shape index (κ3) is 3.98. The molecule has 0 saturated carbocycles. The molecule has 1 fully saturated rings. The lowest BCUT2D eigenvalue weighted by Gasteiger charge is -2.30. The van der Waals surface area contributed by atoms with E-state index in [1.165, 1.54) is 23.1 Å². The first-order chi connectivity index (χ1) is 15.2. The molecule has 0 aromatic heterocycles. The number of hydrogen-bond donors (Lipinski definition) is 2. The molecule has 0 bridgehead atoms. The summed E-state index contributed by atoms with van der Waals surface area (Å²) >= 11 is 5.81. The maximum Gasteiger partial charge on any atom is 0.351 e. The lowest BCUT2D eigenvalue weighted by Crippen LogP contribution is -2.49. The van der Waals surface area contributed by atoms with Crippen molar-refractivity contribution < 1.29 is 23.2 Å². The van der Waals surface area contributed by atoms with Gasteiger partial charge in [0.05, 0.1) is 5.02 Å². The molecule has 2 heterocycles. The Kier molecular flexibility index (Phi) is 5.73. The topological polar surface area (TPSA) is 78.5 Å². The summed E-state index contributed by atoms with van der Waals surface area (Å²) in [6.07, 6.45) is 1.08. The van der Waals surface area contributed by atoms with Gasteiger partial charge in [0.1, 0.15) is 6.04 Å². The molecule has 1 saturated heterocycles. The predicted molar refractivity (Wildman–Crippen MR) is 114 cm³/mol. The van der Waals surface area contributed by atoms with Gasteiger partial charge in [-0.3, -0.25) is 14.4 Å². The lowest BCUT2D eigenvalue weighted by atomic mass is 10.0. The van der Waals surface area contributed by atoms with Crippen LogP contribution in [-0.2, 0) is 28.6 Å². The number of alkyl halides is 2. The largest absolute Gasteiger partial charge is 0.351 e. The zero-order valence-corrected chi connectivity index (χ0v) is 17.7. The summed E-state index contributed by atoms with van der Waals surface area (Å²) in [7, 11) is 0. The van der Waals surface area contributed by atoms with Crippen molar-refractivity contribution in [3.05, 3.63) is 82.0 Å². The van der Waals surface area contributed by atoms with Gasteiger partial charge < -0.3 is 15.5 Å². The summed E-state index contributed by atoms with van der Waals surface area (Å²) in [5.74, 6) is -5.78. The Bertz CT molecular complexity index is 1140. The van der Waals surface area contributed by atoms with Crippen LogP contribution in [0.1, 0.15) is 39.9 Å². The Morgan fingerprint density at radius 2 is 2.00 bits per heavy atom. The highest BCUT2D eigenvalue weighted by molar-refractivity contribution is 6.31. The van der Waals surface area contributed by atoms with Crippen LogP contribution in [0.15, 0.2) is 54.7 Å². The third-order valence-electron chi connectivity index (χ3n) is 5.65. The van der Waals surface area contributed by atoms with E-state index in [-0.39, 0.29) is 29.9 Å². The fourth-order valence-electron chi connectivity index (χ4n) is 3.95. The Balaban J connectivity index is 1.44. The second-order valence-electron chi connectivity index (χ2n) is 7.81. The quantitative estimate of drug-likeness (QED) is 0.718. The van der Waals surface area contributed by atoms with E-state index in [0.29, 0.717) is 35.2 Å². The Hall–Kier alpha value is -3.26. The highest BCUT2D eigenvalue weighted by Crippen LogP contribution is 2.34. The van der Waals surface area contributed by atoms with Crippen LogP contribution in [0.3, 0.4) is 0 Å². The van der Waals surface area contributed by atoms with E-state index in [9.17, 15) is 23.2 Å². The van der Waals surface area contributed by atoms with E-state index in [0.717, 1.165) is 6.07 Å². The second-order valence-corrected chi connectivity index (χ2v) is 8.22. The molecule has 32 heavy (non-hydrogen) atoms. The molecule has 1 atom stereocenters. The van der Waals surface area contributed by atoms with Crippen molar-refractivity contribution in [1.82, 2.24) is 15.5 Å². The molecular weight excluding hydrogens is 440 g/mol. The number of halogens is 3. The van der Waals surface area contributed by atoms with E-state index in [1.54, 1.807) is 18.2 Å². The minimum atomic E-state index is -3.79. The average molecular weight is 460 g/mol. The summed E-state index contributed by atoms with van der Waals surface area (Å²) in [6, 6.07) is 9.56. The molecule has 2 aromatic rings. The van der Waals surface area contributed by atoms with Gasteiger partial charge in [0.25, 0.3) is 11.8 Å². The van der Waals surface area contributed by atoms with Gasteiger partial charge in [0, 0.05) is 29.9 Å². The first-order valence-electron chi connectivity index (χ1n) is 10.0. The molecule has 2 aromatic carbocycles. The molecule has 9 heteroatoms. The van der Waals surface area contributed by atoms with Crippen LogP contribution in [0.2, 0.25) is 5.02 Å². The van der Waals surface area contributed by atoms with Crippen LogP contribution in [0.5, 0.6) is 0 Å². The summed E-state index contributed by atoms with van der Waals surface area (Å²) in [5, 5.41) is 4.71. The van der Waals surface area contributed by atoms with Crippen molar-refractivity contribution in [2.75, 3.05) is 0 Å². The minimum absolute atomic E-state index is 0.149. The molecule has 0 aliphatic carbocycles. The molecule has 166 valence electrons. The molecule has 0 spiro atoms. The molecule has 6 nitrogen and oxygen atoms in total. The number of hydrogen-bond acceptors (Lipinski definition) is 3. The van der Waals surface area contributed by atoms with Crippen molar-refractivity contribution in [2.24, 2.45) is 0 Å². The number of benzene rings is 2. The number of carbonyl (C=O) groups is 3. The van der Waals surface area contributed by atoms with Crippen molar-refractivity contribution in [3.63, 3.8) is 0 Å². The first-order valence-corrected chi connectivity index (χ1v) is 10.4. The first kappa shape index (κ1) is 22.0. The highest BCUT2D eigenvalue weighted by atomic mass is 35.5. The Morgan fingerprint density at radius 1 is 1.25 bits per heavy atom. The van der Waals surface area contributed by atoms with Gasteiger partial charge >= 0.3 is 5.92 Å². The number of carbonyl (C=O) groups excluding carboxylic acids is 3. The lowest BCUT2D eigenvalue weighted by molar-refractivity contribution is -0.147. The number of nitrogens with zero attached hydrogens (tertiary/aromatic N) is 1. The second kappa shape index (κ2) is 8.35. The van der Waals surface area contributed by atoms with Gasteiger partial charge in [-0.2, -0.15) is 8.78 Å². The van der Waals surface area contributed by atoms with Gasteiger partial charge in [0.2, 0.25) is 5.91 Å². The predicted octanol–water partition coefficient (Wildman–Crippen LogP) is 3.50. The Morgan fingerprint density at radius 3 is 2.72 bits per heavy atom. The fourth-order valence-corrected chi connectivity index (χ4v) is 4.20. The van der Waals surface area contributed by atoms with Gasteiger partial charge in [-0.05, 0) is 36.1 Å². The van der Waals surface area contributed by atoms with Crippen LogP contribution in [0.4, 0.5) is 8.78 Å². The molecular formula is C23H20ClF2N3O3. The van der Waals surface area contributed by atoms with Crippen LogP contribution >= 0.6 is 11.6 Å². The van der Waals surface area contributed by atoms with Crippen LogP contribution in [-0.4, -0.2) is 28.7 Å². The number of piperidine rings is 1. The molecule has 1 unspecified atom stereocenters. The SMILES string of the molecule is C=C1CCC(N2Cc3cc(CNC(=O)C(F)(F)c4ccccc4Cl)ccc3C2=O)C(=O)N1. The standard InChI is InChI=1S/C23H20ClF2N3O3/c1-13-6-9-19(20(30)28-13)29-12-15-10-14(7-8-16(15)21(29)31)11-27-22(32)23(25,26)17-4-2-3-5-18(17)24/h2-5,7-8,10,19H,1,6,9,11-12H2,(H,27,32)(H,28,30). The number of rotatable bonds is 5. The molecule has 0 radical (unpaired) electrons. The minimum Gasteiger partial charge on any atom is -0.346 e. The Labute approximate surface area is 188 Å². The highest BCUT2D eigenvalue weighted by Gasteiger charge is 2.42. The van der Waals surface area contributed by atoms with Crippen LogP contribution < -0.4 is 10.6 Å². The van der Waals surface area contributed by atoms with E-state index < -0.39 is 23.4 Å². The molecule has 2 aliphatic rings. The van der Waals surface area contributed by atoms with Crippen molar-refractivity contribution in [3.8, 4) is 0 Å². The molecule has 4 rings (SSSR count). The van der Waals surface area contributed by atoms with E-state index >= 15 is 0 Å². The van der Waals surface area contributed by atoms with Gasteiger partial charge in [0.15, 0.2) is 0 Å². The average Bonchev–Trinajstić information content (AvgIpc) is 3.07. The van der Waals surface area contributed by atoms with Crippen LogP contribution in [0.25, 0.3) is 0 Å². The molecule has 2 aliphatic heterocycles. The maximum atomic E-state index is 14.5. The van der Waals surface area contributed by atoms with Gasteiger partial charge in [-0.25, -0.2) is 0 Å². The van der Waals surface area contributed by atoms with Gasteiger partial charge in [-0.1, -0.05) is 48.5 Å². The van der Waals surface area contributed by atoms with Crippen molar-refractivity contribution >= 4 is 29.3 Å². The van der Waals surface area contributed by atoms with Crippen LogP contribution in [0, 0.1) is 0 Å². The maximum absolute atomic E-state index is 14.5. The smallest absolute Gasteiger partial charge is 0.346 e. The number of fused-ring (bicyclic) bond motifs is 1. The van der Waals surface area contributed by atoms with Crippen molar-refractivity contribution in [1.29, 1.82) is 0 Å². The summed E-state index contributed by atoms with van der Waals surface area (Å²) in [4.78, 5) is 38.7. The van der Waals surface area contributed by atoms with Gasteiger partial charge in [-0.15, -0.1) is 0 Å². The summed E-state index contributed by atoms with van der Waals surface area (Å²) in [6.45, 7) is 3.82. The summed E-state index contributed by atoms with van der Waals surface area (Å²) < 4.78 is 29.0. The number of allylic oxidation sites excluding steroid dienone is 1. The number of nitrogens with one attached hydrogen (secondary N) is 2. The van der Waals surface area contributed by atoms with E-state index in [2.05, 4.69) is 17.2 Å².